The summed E-state index contributed by atoms with van der Waals surface area (Å²) in [6, 6.07) is 7.01. The van der Waals surface area contributed by atoms with Crippen LogP contribution in [0.4, 0.5) is 16.3 Å². The van der Waals surface area contributed by atoms with Crippen molar-refractivity contribution in [2.75, 3.05) is 10.7 Å². The third kappa shape index (κ3) is 3.74. The second-order valence-corrected chi connectivity index (χ2v) is 6.07. The first-order valence-corrected chi connectivity index (χ1v) is 8.19. The monoisotopic (exact) mass is 365 g/mol. The van der Waals surface area contributed by atoms with E-state index in [4.69, 9.17) is 4.42 Å². The van der Waals surface area contributed by atoms with Gasteiger partial charge in [-0.1, -0.05) is 6.07 Å². The Balaban J connectivity index is 1.71. The van der Waals surface area contributed by atoms with Gasteiger partial charge in [-0.05, 0) is 38.5 Å². The van der Waals surface area contributed by atoms with Gasteiger partial charge in [-0.3, -0.25) is 15.5 Å². The molecular weight excluding hydrogens is 346 g/mol. The van der Waals surface area contributed by atoms with Crippen LogP contribution in [0.5, 0.6) is 0 Å². The van der Waals surface area contributed by atoms with Gasteiger partial charge in [-0.25, -0.2) is 9.78 Å². The van der Waals surface area contributed by atoms with Crippen LogP contribution in [0.3, 0.4) is 0 Å². The summed E-state index contributed by atoms with van der Waals surface area (Å²) in [6.45, 7) is 5.51. The van der Waals surface area contributed by atoms with Crippen molar-refractivity contribution in [1.82, 2.24) is 20.2 Å². The predicted molar refractivity (Wildman–Crippen MR) is 99.9 cm³/mol. The molecule has 2 aromatic heterocycles. The van der Waals surface area contributed by atoms with Gasteiger partial charge in [-0.15, -0.1) is 0 Å². The first-order chi connectivity index (χ1) is 12.9. The molecular formula is C18H19N7O2. The van der Waals surface area contributed by atoms with Crippen molar-refractivity contribution in [2.24, 2.45) is 7.05 Å². The average Bonchev–Trinajstić information content (AvgIpc) is 3.17. The molecule has 0 spiro atoms. The van der Waals surface area contributed by atoms with E-state index in [1.807, 2.05) is 19.9 Å². The van der Waals surface area contributed by atoms with Crippen molar-refractivity contribution in [2.45, 2.75) is 20.8 Å². The number of benzene rings is 1. The van der Waals surface area contributed by atoms with Crippen molar-refractivity contribution in [3.63, 3.8) is 0 Å². The molecule has 9 nitrogen and oxygen atoms in total. The van der Waals surface area contributed by atoms with E-state index < -0.39 is 6.03 Å². The van der Waals surface area contributed by atoms with E-state index in [1.165, 1.54) is 4.68 Å². The summed E-state index contributed by atoms with van der Waals surface area (Å²) in [5.74, 6) is 0.904. The maximum atomic E-state index is 12.2. The maximum absolute atomic E-state index is 12.2. The van der Waals surface area contributed by atoms with Gasteiger partial charge in [0.2, 0.25) is 5.89 Å². The molecule has 0 atom stereocenters. The summed E-state index contributed by atoms with van der Waals surface area (Å²) in [5, 5.41) is 16.1. The van der Waals surface area contributed by atoms with E-state index in [1.54, 1.807) is 32.4 Å². The highest BCUT2D eigenvalue weighted by Gasteiger charge is 2.14. The topological polar surface area (TPSA) is 121 Å². The summed E-state index contributed by atoms with van der Waals surface area (Å²) in [7, 11) is 1.68. The van der Waals surface area contributed by atoms with E-state index in [9.17, 15) is 10.1 Å². The van der Waals surface area contributed by atoms with E-state index in [0.29, 0.717) is 28.7 Å². The lowest BCUT2D eigenvalue weighted by Gasteiger charge is -2.11. The Labute approximate surface area is 156 Å². The van der Waals surface area contributed by atoms with Gasteiger partial charge in [0, 0.05) is 18.3 Å². The SMILES string of the molecule is Cc1coc(-c2cc(NC(=O)NNc3c(C#N)c(C)nn3C)ccc2C)n1. The van der Waals surface area contributed by atoms with Gasteiger partial charge in [0.1, 0.15) is 17.9 Å². The number of hydrogen-bond acceptors (Lipinski definition) is 6. The molecule has 3 N–H and O–H groups in total. The number of nitrogens with one attached hydrogen (secondary N) is 3. The van der Waals surface area contributed by atoms with Crippen LogP contribution >= 0.6 is 0 Å². The molecule has 0 aliphatic heterocycles. The van der Waals surface area contributed by atoms with Gasteiger partial charge in [0.15, 0.2) is 5.82 Å². The lowest BCUT2D eigenvalue weighted by Crippen LogP contribution is -2.34. The molecule has 3 aromatic rings. The number of carbonyl (C=O) groups excluding carboxylic acids is 1. The molecule has 0 bridgehead atoms. The number of aromatic nitrogens is 3. The Morgan fingerprint density at radius 1 is 1.30 bits per heavy atom. The summed E-state index contributed by atoms with van der Waals surface area (Å²) in [4.78, 5) is 16.5. The fourth-order valence-electron chi connectivity index (χ4n) is 2.62. The second-order valence-electron chi connectivity index (χ2n) is 6.07. The molecule has 0 aliphatic rings. The van der Waals surface area contributed by atoms with E-state index in [-0.39, 0.29) is 0 Å². The number of rotatable bonds is 4. The quantitative estimate of drug-likeness (QED) is 0.611. The zero-order valence-corrected chi connectivity index (χ0v) is 15.4. The third-order valence-electron chi connectivity index (χ3n) is 3.97. The molecule has 2 heterocycles. The second kappa shape index (κ2) is 7.21. The standard InChI is InChI=1S/C18H19N7O2/c1-10-5-6-13(7-14(10)17-20-11(2)9-27-17)21-18(26)23-22-16-15(8-19)12(3)24-25(16)4/h5-7,9,22H,1-4H3,(H2,21,23,26). The number of aryl methyl sites for hydroxylation is 4. The molecule has 138 valence electrons. The number of urea groups is 1. The minimum Gasteiger partial charge on any atom is -0.444 e. The van der Waals surface area contributed by atoms with E-state index in [2.05, 4.69) is 32.3 Å². The number of hydrazine groups is 1. The van der Waals surface area contributed by atoms with Crippen molar-refractivity contribution in [1.29, 1.82) is 5.26 Å². The highest BCUT2D eigenvalue weighted by molar-refractivity contribution is 5.90. The molecule has 0 fully saturated rings. The lowest BCUT2D eigenvalue weighted by atomic mass is 10.1. The third-order valence-corrected chi connectivity index (χ3v) is 3.97. The minimum absolute atomic E-state index is 0.370. The van der Waals surface area contributed by atoms with Gasteiger partial charge in [0.05, 0.1) is 11.4 Å². The smallest absolute Gasteiger partial charge is 0.337 e. The van der Waals surface area contributed by atoms with Crippen LogP contribution in [0.25, 0.3) is 11.5 Å². The van der Waals surface area contributed by atoms with E-state index in [0.717, 1.165) is 16.8 Å². The Hall–Kier alpha value is -3.80. The number of nitriles is 1. The molecule has 0 unspecified atom stereocenters. The zero-order chi connectivity index (χ0) is 19.6. The summed E-state index contributed by atoms with van der Waals surface area (Å²) < 4.78 is 6.93. The molecule has 27 heavy (non-hydrogen) atoms. The highest BCUT2D eigenvalue weighted by Crippen LogP contribution is 2.26. The number of carbonyl (C=O) groups is 1. The Morgan fingerprint density at radius 2 is 2.07 bits per heavy atom. The van der Waals surface area contributed by atoms with Gasteiger partial charge >= 0.3 is 6.03 Å². The fraction of sp³-hybridized carbons (Fsp3) is 0.222. The molecule has 1 aromatic carbocycles. The molecule has 2 amide bonds. The molecule has 0 saturated carbocycles. The van der Waals surface area contributed by atoms with Crippen LogP contribution in [-0.4, -0.2) is 20.8 Å². The predicted octanol–water partition coefficient (Wildman–Crippen LogP) is 3.02. The van der Waals surface area contributed by atoms with Crippen LogP contribution in [0.1, 0.15) is 22.5 Å². The maximum Gasteiger partial charge on any atom is 0.337 e. The number of hydrogen-bond donors (Lipinski definition) is 3. The molecule has 9 heteroatoms. The Morgan fingerprint density at radius 3 is 2.74 bits per heavy atom. The average molecular weight is 365 g/mol. The summed E-state index contributed by atoms with van der Waals surface area (Å²) >= 11 is 0. The number of oxazole rings is 1. The van der Waals surface area contributed by atoms with Crippen LogP contribution in [0.15, 0.2) is 28.9 Å². The normalized spacial score (nSPS) is 10.3. The van der Waals surface area contributed by atoms with Gasteiger partial charge < -0.3 is 9.73 Å². The minimum atomic E-state index is -0.490. The van der Waals surface area contributed by atoms with Crippen molar-refractivity contribution < 1.29 is 9.21 Å². The molecule has 3 rings (SSSR count). The van der Waals surface area contributed by atoms with Crippen LogP contribution in [-0.2, 0) is 7.05 Å². The summed E-state index contributed by atoms with van der Waals surface area (Å²) in [5.41, 5.74) is 9.30. The largest absolute Gasteiger partial charge is 0.444 e. The first-order valence-electron chi connectivity index (χ1n) is 8.19. The number of amides is 2. The van der Waals surface area contributed by atoms with E-state index >= 15 is 0 Å². The van der Waals surface area contributed by atoms with Gasteiger partial charge in [-0.2, -0.15) is 10.4 Å². The summed E-state index contributed by atoms with van der Waals surface area (Å²) in [6.07, 6.45) is 1.58. The van der Waals surface area contributed by atoms with Gasteiger partial charge in [0.25, 0.3) is 0 Å². The molecule has 0 saturated heterocycles. The van der Waals surface area contributed by atoms with Crippen molar-refractivity contribution in [3.8, 4) is 17.5 Å². The Kier molecular flexibility index (Phi) is 4.81. The first kappa shape index (κ1) is 18.0. The fourth-order valence-corrected chi connectivity index (χ4v) is 2.62. The number of nitrogens with zero attached hydrogens (tertiary/aromatic N) is 4. The zero-order valence-electron chi connectivity index (χ0n) is 15.4. The number of anilines is 2. The highest BCUT2D eigenvalue weighted by atomic mass is 16.3. The molecule has 0 aliphatic carbocycles. The lowest BCUT2D eigenvalue weighted by molar-refractivity contribution is 0.253. The Bertz CT molecular complexity index is 1040. The van der Waals surface area contributed by atoms with Crippen LogP contribution < -0.4 is 16.2 Å². The van der Waals surface area contributed by atoms with Crippen molar-refractivity contribution in [3.05, 3.63) is 47.0 Å². The van der Waals surface area contributed by atoms with Crippen LogP contribution in [0.2, 0.25) is 0 Å². The molecule has 0 radical (unpaired) electrons. The van der Waals surface area contributed by atoms with Crippen molar-refractivity contribution >= 4 is 17.5 Å². The van der Waals surface area contributed by atoms with Crippen LogP contribution in [0, 0.1) is 32.1 Å².